The molecule has 4 nitrogen and oxygen atoms in total. The Kier molecular flexibility index (Phi) is 4.85. The van der Waals surface area contributed by atoms with Gasteiger partial charge in [-0.2, -0.15) is 0 Å². The Morgan fingerprint density at radius 3 is 2.94 bits per heavy atom. The maximum Gasteiger partial charge on any atom is 0.269 e. The van der Waals surface area contributed by atoms with E-state index in [2.05, 4.69) is 10.3 Å². The maximum atomic E-state index is 12.5. The van der Waals surface area contributed by atoms with Crippen LogP contribution in [0, 0.1) is 5.82 Å². The minimum Gasteiger partial charge on any atom is -0.351 e. The van der Waals surface area contributed by atoms with E-state index in [0.717, 1.165) is 19.0 Å². The maximum absolute atomic E-state index is 12.5. The highest BCUT2D eigenvalue weighted by Crippen LogP contribution is 1.98. The summed E-state index contributed by atoms with van der Waals surface area (Å²) in [6.07, 6.45) is 2.71. The van der Waals surface area contributed by atoms with Gasteiger partial charge in [-0.25, -0.2) is 9.37 Å². The zero-order chi connectivity index (χ0) is 12.0. The smallest absolute Gasteiger partial charge is 0.269 e. The summed E-state index contributed by atoms with van der Waals surface area (Å²) >= 11 is 0. The molecular formula is C11H16FN3O. The van der Waals surface area contributed by atoms with E-state index < -0.39 is 5.82 Å². The van der Waals surface area contributed by atoms with Crippen LogP contribution in [0.15, 0.2) is 18.3 Å². The van der Waals surface area contributed by atoms with Crippen molar-refractivity contribution in [2.45, 2.75) is 25.8 Å². The Labute approximate surface area is 94.1 Å². The molecule has 1 amide bonds. The molecule has 16 heavy (non-hydrogen) atoms. The third kappa shape index (κ3) is 4.35. The van der Waals surface area contributed by atoms with Crippen LogP contribution in [-0.4, -0.2) is 23.5 Å². The third-order valence-corrected chi connectivity index (χ3v) is 2.08. The summed E-state index contributed by atoms with van der Waals surface area (Å²) in [7, 11) is 0. The van der Waals surface area contributed by atoms with Crippen molar-refractivity contribution in [1.29, 1.82) is 0 Å². The molecule has 1 rings (SSSR count). The number of nitrogens with one attached hydrogen (secondary N) is 1. The molecule has 0 aliphatic heterocycles. The SMILES string of the molecule is CC(N)CCCNC(=O)c1ccc(F)cn1. The number of rotatable bonds is 5. The lowest BCUT2D eigenvalue weighted by Crippen LogP contribution is -2.26. The van der Waals surface area contributed by atoms with Crippen LogP contribution in [0.2, 0.25) is 0 Å². The first-order valence-electron chi connectivity index (χ1n) is 5.25. The minimum absolute atomic E-state index is 0.140. The third-order valence-electron chi connectivity index (χ3n) is 2.08. The van der Waals surface area contributed by atoms with Crippen LogP contribution in [0.1, 0.15) is 30.3 Å². The molecule has 0 spiro atoms. The highest BCUT2D eigenvalue weighted by Gasteiger charge is 2.06. The summed E-state index contributed by atoms with van der Waals surface area (Å²) in [4.78, 5) is 15.2. The lowest BCUT2D eigenvalue weighted by molar-refractivity contribution is 0.0947. The largest absolute Gasteiger partial charge is 0.351 e. The van der Waals surface area contributed by atoms with E-state index in [9.17, 15) is 9.18 Å². The zero-order valence-corrected chi connectivity index (χ0v) is 9.24. The van der Waals surface area contributed by atoms with E-state index in [1.54, 1.807) is 0 Å². The number of aromatic nitrogens is 1. The molecule has 1 heterocycles. The van der Waals surface area contributed by atoms with Crippen molar-refractivity contribution in [3.63, 3.8) is 0 Å². The molecule has 1 atom stereocenters. The second-order valence-electron chi connectivity index (χ2n) is 3.74. The number of hydrogen-bond acceptors (Lipinski definition) is 3. The Morgan fingerprint density at radius 1 is 1.62 bits per heavy atom. The monoisotopic (exact) mass is 225 g/mol. The van der Waals surface area contributed by atoms with Crippen LogP contribution in [0.4, 0.5) is 4.39 Å². The molecule has 1 unspecified atom stereocenters. The van der Waals surface area contributed by atoms with E-state index in [-0.39, 0.29) is 17.6 Å². The van der Waals surface area contributed by atoms with Gasteiger partial charge in [-0.15, -0.1) is 0 Å². The lowest BCUT2D eigenvalue weighted by Gasteiger charge is -2.06. The van der Waals surface area contributed by atoms with Crippen LogP contribution >= 0.6 is 0 Å². The number of pyridine rings is 1. The summed E-state index contributed by atoms with van der Waals surface area (Å²) in [5.74, 6) is -0.738. The molecular weight excluding hydrogens is 209 g/mol. The predicted molar refractivity (Wildman–Crippen MR) is 59.4 cm³/mol. The van der Waals surface area contributed by atoms with Gasteiger partial charge in [-0.05, 0) is 31.9 Å². The molecule has 0 aromatic carbocycles. The molecule has 3 N–H and O–H groups in total. The summed E-state index contributed by atoms with van der Waals surface area (Å²) in [6, 6.07) is 2.71. The first-order valence-corrected chi connectivity index (χ1v) is 5.25. The number of hydrogen-bond donors (Lipinski definition) is 2. The molecule has 0 radical (unpaired) electrons. The van der Waals surface area contributed by atoms with E-state index in [0.29, 0.717) is 6.54 Å². The van der Waals surface area contributed by atoms with E-state index in [4.69, 9.17) is 5.73 Å². The first-order chi connectivity index (χ1) is 7.59. The average Bonchev–Trinajstić information content (AvgIpc) is 2.25. The minimum atomic E-state index is -0.450. The molecule has 0 aliphatic carbocycles. The summed E-state index contributed by atoms with van der Waals surface area (Å²) in [5.41, 5.74) is 5.79. The van der Waals surface area contributed by atoms with E-state index in [1.807, 2.05) is 6.92 Å². The highest BCUT2D eigenvalue weighted by molar-refractivity contribution is 5.92. The summed E-state index contributed by atoms with van der Waals surface area (Å²) < 4.78 is 12.5. The number of halogens is 1. The lowest BCUT2D eigenvalue weighted by atomic mass is 10.2. The fourth-order valence-electron chi connectivity index (χ4n) is 1.23. The van der Waals surface area contributed by atoms with Gasteiger partial charge in [-0.3, -0.25) is 4.79 Å². The second-order valence-corrected chi connectivity index (χ2v) is 3.74. The fourth-order valence-corrected chi connectivity index (χ4v) is 1.23. The van der Waals surface area contributed by atoms with Crippen LogP contribution in [-0.2, 0) is 0 Å². The van der Waals surface area contributed by atoms with Crippen molar-refractivity contribution < 1.29 is 9.18 Å². The number of amides is 1. The molecule has 5 heteroatoms. The molecule has 1 aromatic rings. The summed E-state index contributed by atoms with van der Waals surface area (Å²) in [5, 5.41) is 2.69. The normalized spacial score (nSPS) is 12.2. The van der Waals surface area contributed by atoms with Crippen molar-refractivity contribution in [3.8, 4) is 0 Å². The van der Waals surface area contributed by atoms with Gasteiger partial charge in [-0.1, -0.05) is 0 Å². The number of nitrogens with two attached hydrogens (primary N) is 1. The van der Waals surface area contributed by atoms with Crippen molar-refractivity contribution in [2.24, 2.45) is 5.73 Å². The van der Waals surface area contributed by atoms with Gasteiger partial charge in [0.05, 0.1) is 6.20 Å². The van der Waals surface area contributed by atoms with Gasteiger partial charge in [0, 0.05) is 12.6 Å². The molecule has 0 saturated heterocycles. The van der Waals surface area contributed by atoms with Crippen molar-refractivity contribution in [2.75, 3.05) is 6.54 Å². The molecule has 0 fully saturated rings. The molecule has 1 aromatic heterocycles. The van der Waals surface area contributed by atoms with E-state index in [1.165, 1.54) is 12.1 Å². The highest BCUT2D eigenvalue weighted by atomic mass is 19.1. The van der Waals surface area contributed by atoms with Gasteiger partial charge in [0.25, 0.3) is 5.91 Å². The van der Waals surface area contributed by atoms with Gasteiger partial charge in [0.15, 0.2) is 0 Å². The quantitative estimate of drug-likeness (QED) is 0.737. The first kappa shape index (κ1) is 12.6. The van der Waals surface area contributed by atoms with Gasteiger partial charge in [0.2, 0.25) is 0 Å². The van der Waals surface area contributed by atoms with Crippen molar-refractivity contribution in [1.82, 2.24) is 10.3 Å². The summed E-state index contributed by atoms with van der Waals surface area (Å²) in [6.45, 7) is 2.47. The Bertz CT molecular complexity index is 338. The van der Waals surface area contributed by atoms with Crippen molar-refractivity contribution >= 4 is 5.91 Å². The predicted octanol–water partition coefficient (Wildman–Crippen LogP) is 1.08. The number of nitrogens with zero attached hydrogens (tertiary/aromatic N) is 1. The van der Waals surface area contributed by atoms with Gasteiger partial charge in [0.1, 0.15) is 11.5 Å². The average molecular weight is 225 g/mol. The second kappa shape index (κ2) is 6.17. The topological polar surface area (TPSA) is 68.0 Å². The Morgan fingerprint density at radius 2 is 2.38 bits per heavy atom. The Hall–Kier alpha value is -1.49. The number of carbonyl (C=O) groups is 1. The fraction of sp³-hybridized carbons (Fsp3) is 0.455. The van der Waals surface area contributed by atoms with Crippen LogP contribution in [0.3, 0.4) is 0 Å². The van der Waals surface area contributed by atoms with Gasteiger partial charge >= 0.3 is 0 Å². The standard InChI is InChI=1S/C11H16FN3O/c1-8(13)3-2-6-14-11(16)10-5-4-9(12)7-15-10/h4-5,7-8H,2-3,6,13H2,1H3,(H,14,16). The zero-order valence-electron chi connectivity index (χ0n) is 9.24. The molecule has 0 saturated carbocycles. The van der Waals surface area contributed by atoms with Crippen LogP contribution < -0.4 is 11.1 Å². The number of carbonyl (C=O) groups excluding carboxylic acids is 1. The van der Waals surface area contributed by atoms with Crippen molar-refractivity contribution in [3.05, 3.63) is 29.8 Å². The molecule has 88 valence electrons. The van der Waals surface area contributed by atoms with Crippen LogP contribution in [0.25, 0.3) is 0 Å². The molecule has 0 aliphatic rings. The Balaban J connectivity index is 2.32. The molecule has 0 bridgehead atoms. The van der Waals surface area contributed by atoms with E-state index >= 15 is 0 Å². The van der Waals surface area contributed by atoms with Gasteiger partial charge < -0.3 is 11.1 Å². The van der Waals surface area contributed by atoms with Crippen LogP contribution in [0.5, 0.6) is 0 Å².